The van der Waals surface area contributed by atoms with Gasteiger partial charge >= 0.3 is 6.09 Å². The van der Waals surface area contributed by atoms with E-state index in [1.165, 1.54) is 11.1 Å². The maximum Gasteiger partial charge on any atom is 0.430 e. The molecule has 0 saturated heterocycles. The van der Waals surface area contributed by atoms with Crippen LogP contribution in [0.15, 0.2) is 71.3 Å². The summed E-state index contributed by atoms with van der Waals surface area (Å²) in [6.07, 6.45) is 4.96. The molecular formula is C23H24N2O2. The number of hydrazone groups is 1. The van der Waals surface area contributed by atoms with Crippen LogP contribution in [0.3, 0.4) is 0 Å². The number of carbonyl (C=O) groups excluding carboxylic acids is 1. The molecule has 2 aliphatic rings. The van der Waals surface area contributed by atoms with Gasteiger partial charge in [-0.1, -0.05) is 60.7 Å². The Hall–Kier alpha value is -2.88. The van der Waals surface area contributed by atoms with Crippen molar-refractivity contribution < 1.29 is 9.53 Å². The highest BCUT2D eigenvalue weighted by Crippen LogP contribution is 2.44. The number of hydrogen-bond acceptors (Lipinski definition) is 3. The van der Waals surface area contributed by atoms with Crippen molar-refractivity contribution in [2.24, 2.45) is 11.0 Å². The quantitative estimate of drug-likeness (QED) is 0.731. The van der Waals surface area contributed by atoms with Crippen LogP contribution in [0.5, 0.6) is 0 Å². The van der Waals surface area contributed by atoms with Crippen molar-refractivity contribution in [3.05, 3.63) is 77.4 Å². The number of nitrogens with zero attached hydrogens (tertiary/aromatic N) is 2. The number of benzene rings is 2. The smallest absolute Gasteiger partial charge is 0.430 e. The van der Waals surface area contributed by atoms with Gasteiger partial charge in [0.1, 0.15) is 0 Å². The van der Waals surface area contributed by atoms with Gasteiger partial charge in [0.2, 0.25) is 0 Å². The minimum Gasteiger partial charge on any atom is -0.448 e. The van der Waals surface area contributed by atoms with Crippen LogP contribution in [0.4, 0.5) is 4.79 Å². The Bertz CT molecular complexity index is 858. The van der Waals surface area contributed by atoms with Gasteiger partial charge in [0, 0.05) is 5.92 Å². The van der Waals surface area contributed by atoms with Crippen molar-refractivity contribution in [2.75, 3.05) is 6.61 Å². The third-order valence-electron chi connectivity index (χ3n) is 5.24. The summed E-state index contributed by atoms with van der Waals surface area (Å²) in [5.74, 6) is 0.209. The van der Waals surface area contributed by atoms with Gasteiger partial charge in [-0.2, -0.15) is 10.1 Å². The van der Waals surface area contributed by atoms with E-state index in [1.54, 1.807) is 5.01 Å². The Kier molecular flexibility index (Phi) is 5.05. The summed E-state index contributed by atoms with van der Waals surface area (Å²) in [5.41, 5.74) is 4.54. The van der Waals surface area contributed by atoms with Gasteiger partial charge in [0.15, 0.2) is 0 Å². The molecule has 1 aliphatic heterocycles. The highest BCUT2D eigenvalue weighted by Gasteiger charge is 2.44. The molecule has 1 aliphatic carbocycles. The number of allylic oxidation sites excluding steroid dienone is 1. The monoisotopic (exact) mass is 360 g/mol. The minimum absolute atomic E-state index is 0.0975. The van der Waals surface area contributed by atoms with E-state index in [0.29, 0.717) is 6.61 Å². The van der Waals surface area contributed by atoms with E-state index in [-0.39, 0.29) is 18.1 Å². The van der Waals surface area contributed by atoms with E-state index in [2.05, 4.69) is 30.3 Å². The summed E-state index contributed by atoms with van der Waals surface area (Å²) >= 11 is 0. The van der Waals surface area contributed by atoms with Crippen LogP contribution in [-0.4, -0.2) is 23.4 Å². The van der Waals surface area contributed by atoms with Crippen LogP contribution in [0.25, 0.3) is 6.08 Å². The molecule has 0 aromatic heterocycles. The predicted molar refractivity (Wildman–Crippen MR) is 107 cm³/mol. The van der Waals surface area contributed by atoms with Crippen LogP contribution < -0.4 is 0 Å². The van der Waals surface area contributed by atoms with E-state index >= 15 is 0 Å². The Morgan fingerprint density at radius 1 is 1.15 bits per heavy atom. The van der Waals surface area contributed by atoms with Crippen LogP contribution in [0.2, 0.25) is 0 Å². The summed E-state index contributed by atoms with van der Waals surface area (Å²) in [7, 11) is 0. The molecule has 4 nitrogen and oxygen atoms in total. The van der Waals surface area contributed by atoms with E-state index in [4.69, 9.17) is 9.84 Å². The average Bonchev–Trinajstić information content (AvgIpc) is 3.10. The number of rotatable bonds is 3. The van der Waals surface area contributed by atoms with Crippen molar-refractivity contribution in [3.8, 4) is 0 Å². The average molecular weight is 360 g/mol. The second kappa shape index (κ2) is 7.78. The molecule has 0 radical (unpaired) electrons. The molecule has 2 atom stereocenters. The number of hydrogen-bond donors (Lipinski definition) is 0. The molecule has 1 fully saturated rings. The molecule has 0 spiro atoms. The molecule has 0 bridgehead atoms. The van der Waals surface area contributed by atoms with Crippen molar-refractivity contribution in [3.63, 3.8) is 0 Å². The Morgan fingerprint density at radius 2 is 1.85 bits per heavy atom. The van der Waals surface area contributed by atoms with Crippen LogP contribution in [-0.2, 0) is 4.74 Å². The van der Waals surface area contributed by atoms with Crippen molar-refractivity contribution in [1.29, 1.82) is 0 Å². The standard InChI is InChI=1S/C23H24N2O2/c1-2-27-23(26)25-22(18-12-7-4-8-13-18)20-15-9-14-19(21(20)24-25)16-17-10-5-3-6-11-17/h3-8,10-13,16,20,22H,2,9,14-15H2,1H3/b19-16+/t20-,22+/m0/s1. The van der Waals surface area contributed by atoms with Crippen molar-refractivity contribution in [1.82, 2.24) is 5.01 Å². The molecule has 1 heterocycles. The molecule has 138 valence electrons. The van der Waals surface area contributed by atoms with Gasteiger partial charge in [-0.15, -0.1) is 0 Å². The second-order valence-corrected chi connectivity index (χ2v) is 6.96. The molecule has 0 N–H and O–H groups in total. The normalized spacial score (nSPS) is 23.1. The van der Waals surface area contributed by atoms with Crippen LogP contribution in [0, 0.1) is 5.92 Å². The number of fused-ring (bicyclic) bond motifs is 1. The summed E-state index contributed by atoms with van der Waals surface area (Å²) < 4.78 is 5.30. The molecule has 27 heavy (non-hydrogen) atoms. The molecular weight excluding hydrogens is 336 g/mol. The van der Waals surface area contributed by atoms with Gasteiger partial charge in [-0.05, 0) is 49.0 Å². The first-order valence-corrected chi connectivity index (χ1v) is 9.63. The summed E-state index contributed by atoms with van der Waals surface area (Å²) in [4.78, 5) is 12.6. The van der Waals surface area contributed by atoms with E-state index < -0.39 is 0 Å². The number of carbonyl (C=O) groups is 1. The van der Waals surface area contributed by atoms with Crippen LogP contribution in [0.1, 0.15) is 43.4 Å². The molecule has 4 rings (SSSR count). The van der Waals surface area contributed by atoms with Crippen LogP contribution >= 0.6 is 0 Å². The van der Waals surface area contributed by atoms with Gasteiger partial charge in [0.05, 0.1) is 18.4 Å². The minimum atomic E-state index is -0.368. The maximum atomic E-state index is 12.6. The van der Waals surface area contributed by atoms with Gasteiger partial charge < -0.3 is 4.74 Å². The molecule has 1 saturated carbocycles. The highest BCUT2D eigenvalue weighted by atomic mass is 16.6. The number of ether oxygens (including phenoxy) is 1. The zero-order valence-corrected chi connectivity index (χ0v) is 15.5. The lowest BCUT2D eigenvalue weighted by atomic mass is 9.77. The summed E-state index contributed by atoms with van der Waals surface area (Å²) in [6.45, 7) is 2.17. The largest absolute Gasteiger partial charge is 0.448 e. The fourth-order valence-corrected chi connectivity index (χ4v) is 4.07. The van der Waals surface area contributed by atoms with Gasteiger partial charge in [-0.3, -0.25) is 0 Å². The van der Waals surface area contributed by atoms with E-state index in [1.807, 2.05) is 43.3 Å². The summed E-state index contributed by atoms with van der Waals surface area (Å²) in [6, 6.07) is 20.4. The first-order valence-electron chi connectivity index (χ1n) is 9.63. The summed E-state index contributed by atoms with van der Waals surface area (Å²) in [5, 5.41) is 6.33. The van der Waals surface area contributed by atoms with Crippen molar-refractivity contribution >= 4 is 17.9 Å². The molecule has 2 aromatic carbocycles. The van der Waals surface area contributed by atoms with Crippen molar-refractivity contribution in [2.45, 2.75) is 32.2 Å². The number of amides is 1. The van der Waals surface area contributed by atoms with E-state index in [9.17, 15) is 4.79 Å². The third-order valence-corrected chi connectivity index (χ3v) is 5.24. The fraction of sp³-hybridized carbons (Fsp3) is 0.304. The molecule has 0 unspecified atom stereocenters. The maximum absolute atomic E-state index is 12.6. The first-order chi connectivity index (χ1) is 13.3. The predicted octanol–water partition coefficient (Wildman–Crippen LogP) is 5.44. The van der Waals surface area contributed by atoms with E-state index in [0.717, 1.165) is 30.5 Å². The zero-order chi connectivity index (χ0) is 18.6. The first kappa shape index (κ1) is 17.5. The molecule has 4 heteroatoms. The fourth-order valence-electron chi connectivity index (χ4n) is 4.07. The molecule has 1 amide bonds. The lowest BCUT2D eigenvalue weighted by molar-refractivity contribution is 0.0907. The second-order valence-electron chi connectivity index (χ2n) is 6.96. The lowest BCUT2D eigenvalue weighted by Gasteiger charge is -2.29. The lowest BCUT2D eigenvalue weighted by Crippen LogP contribution is -2.32. The Labute approximate surface area is 160 Å². The Morgan fingerprint density at radius 3 is 2.56 bits per heavy atom. The SMILES string of the molecule is CCOC(=O)N1N=C2/C(=C/c3ccccc3)CCC[C@@H]2[C@H]1c1ccccc1. The molecule has 2 aromatic rings. The Balaban J connectivity index is 1.73. The van der Waals surface area contributed by atoms with Gasteiger partial charge in [-0.25, -0.2) is 4.79 Å². The highest BCUT2D eigenvalue weighted by molar-refractivity contribution is 6.07. The third kappa shape index (κ3) is 3.52. The van der Waals surface area contributed by atoms with Gasteiger partial charge in [0.25, 0.3) is 0 Å². The zero-order valence-electron chi connectivity index (χ0n) is 15.5. The topological polar surface area (TPSA) is 41.9 Å².